The van der Waals surface area contributed by atoms with Crippen LogP contribution in [0.15, 0.2) is 24.3 Å². The Kier molecular flexibility index (Phi) is 3.43. The molecule has 1 saturated heterocycles. The number of rotatable bonds is 2. The van der Waals surface area contributed by atoms with Crippen molar-refractivity contribution in [3.8, 4) is 0 Å². The summed E-state index contributed by atoms with van der Waals surface area (Å²) in [6.45, 7) is 1.04. The van der Waals surface area contributed by atoms with Crippen LogP contribution in [0.3, 0.4) is 0 Å². The molecule has 0 aliphatic carbocycles. The zero-order chi connectivity index (χ0) is 12.3. The van der Waals surface area contributed by atoms with Gasteiger partial charge in [0, 0.05) is 13.2 Å². The topological polar surface area (TPSA) is 35.5 Å². The lowest BCUT2D eigenvalue weighted by atomic mass is 9.74. The summed E-state index contributed by atoms with van der Waals surface area (Å²) in [6.07, 6.45) is 1.15. The van der Waals surface area contributed by atoms with Crippen LogP contribution in [0.5, 0.6) is 0 Å². The Labute approximate surface area is 99.5 Å². The largest absolute Gasteiger partial charge is 0.468 e. The smallest absolute Gasteiger partial charge is 0.316 e. The number of ether oxygens (including phenoxy) is 2. The molecule has 1 aliphatic heterocycles. The van der Waals surface area contributed by atoms with Crippen molar-refractivity contribution in [2.24, 2.45) is 0 Å². The number of methoxy groups -OCH3 is 1. The van der Waals surface area contributed by atoms with Gasteiger partial charge in [0.1, 0.15) is 5.82 Å². The summed E-state index contributed by atoms with van der Waals surface area (Å²) < 4.78 is 23.1. The molecule has 1 aromatic rings. The number of carbonyl (C=O) groups excluding carboxylic acids is 1. The minimum Gasteiger partial charge on any atom is -0.468 e. The highest BCUT2D eigenvalue weighted by molar-refractivity contribution is 5.83. The van der Waals surface area contributed by atoms with E-state index in [1.165, 1.54) is 19.2 Å². The third-order valence-electron chi connectivity index (χ3n) is 3.32. The first-order valence-electron chi connectivity index (χ1n) is 5.61. The Morgan fingerprint density at radius 2 is 1.88 bits per heavy atom. The second kappa shape index (κ2) is 4.84. The summed E-state index contributed by atoms with van der Waals surface area (Å²) in [5.41, 5.74) is 0.120. The normalized spacial score (nSPS) is 18.7. The van der Waals surface area contributed by atoms with Crippen molar-refractivity contribution in [1.82, 2.24) is 0 Å². The second-order valence-corrected chi connectivity index (χ2v) is 4.19. The van der Waals surface area contributed by atoms with Gasteiger partial charge in [-0.25, -0.2) is 4.39 Å². The van der Waals surface area contributed by atoms with Crippen molar-refractivity contribution >= 4 is 5.97 Å². The summed E-state index contributed by atoms with van der Waals surface area (Å²) in [4.78, 5) is 12.0. The monoisotopic (exact) mass is 238 g/mol. The molecular weight excluding hydrogens is 223 g/mol. The van der Waals surface area contributed by atoms with Crippen molar-refractivity contribution in [1.29, 1.82) is 0 Å². The Bertz CT molecular complexity index is 394. The molecule has 92 valence electrons. The summed E-state index contributed by atoms with van der Waals surface area (Å²) in [7, 11) is 1.38. The van der Waals surface area contributed by atoms with E-state index in [1.807, 2.05) is 0 Å². The van der Waals surface area contributed by atoms with Crippen LogP contribution in [0.25, 0.3) is 0 Å². The van der Waals surface area contributed by atoms with E-state index < -0.39 is 5.41 Å². The molecule has 0 spiro atoms. The van der Waals surface area contributed by atoms with Crippen molar-refractivity contribution in [3.05, 3.63) is 35.6 Å². The highest BCUT2D eigenvalue weighted by atomic mass is 19.1. The number of halogens is 1. The van der Waals surface area contributed by atoms with Gasteiger partial charge in [-0.2, -0.15) is 0 Å². The lowest BCUT2D eigenvalue weighted by Crippen LogP contribution is -2.42. The van der Waals surface area contributed by atoms with Crippen LogP contribution < -0.4 is 0 Å². The molecule has 0 radical (unpaired) electrons. The van der Waals surface area contributed by atoms with E-state index in [0.29, 0.717) is 26.1 Å². The standard InChI is InChI=1S/C13H15FO3/c1-16-12(15)13(6-8-17-9-7-13)10-2-4-11(14)5-3-10/h2-5H,6-9H2,1H3. The van der Waals surface area contributed by atoms with E-state index in [0.717, 1.165) is 5.56 Å². The SMILES string of the molecule is COC(=O)C1(c2ccc(F)cc2)CCOCC1. The van der Waals surface area contributed by atoms with Gasteiger partial charge in [-0.15, -0.1) is 0 Å². The van der Waals surface area contributed by atoms with Crippen LogP contribution in [-0.4, -0.2) is 26.3 Å². The van der Waals surface area contributed by atoms with E-state index in [-0.39, 0.29) is 11.8 Å². The maximum Gasteiger partial charge on any atom is 0.316 e. The third-order valence-corrected chi connectivity index (χ3v) is 3.32. The molecular formula is C13H15FO3. The third kappa shape index (κ3) is 2.17. The minimum atomic E-state index is -0.680. The van der Waals surface area contributed by atoms with Crippen LogP contribution in [0.1, 0.15) is 18.4 Å². The molecule has 0 amide bonds. The van der Waals surface area contributed by atoms with E-state index in [2.05, 4.69) is 0 Å². The zero-order valence-corrected chi connectivity index (χ0v) is 9.74. The van der Waals surface area contributed by atoms with Gasteiger partial charge in [-0.1, -0.05) is 12.1 Å². The minimum absolute atomic E-state index is 0.271. The fraction of sp³-hybridized carbons (Fsp3) is 0.462. The van der Waals surface area contributed by atoms with Gasteiger partial charge >= 0.3 is 5.97 Å². The van der Waals surface area contributed by atoms with E-state index in [1.54, 1.807) is 12.1 Å². The molecule has 0 bridgehead atoms. The summed E-state index contributed by atoms with van der Waals surface area (Å²) in [5.74, 6) is -0.576. The Morgan fingerprint density at radius 3 is 2.41 bits per heavy atom. The van der Waals surface area contributed by atoms with Gasteiger partial charge in [-0.3, -0.25) is 4.79 Å². The zero-order valence-electron chi connectivity index (χ0n) is 9.74. The first kappa shape index (κ1) is 12.0. The fourth-order valence-electron chi connectivity index (χ4n) is 2.29. The van der Waals surface area contributed by atoms with Crippen molar-refractivity contribution in [3.63, 3.8) is 0 Å². The van der Waals surface area contributed by atoms with Gasteiger partial charge in [0.25, 0.3) is 0 Å². The predicted octanol–water partition coefficient (Wildman–Crippen LogP) is 2.05. The first-order chi connectivity index (χ1) is 8.19. The molecule has 0 aromatic heterocycles. The van der Waals surface area contributed by atoms with Crippen molar-refractivity contribution < 1.29 is 18.7 Å². The highest BCUT2D eigenvalue weighted by Crippen LogP contribution is 2.36. The van der Waals surface area contributed by atoms with Gasteiger partial charge in [0.2, 0.25) is 0 Å². The summed E-state index contributed by atoms with van der Waals surface area (Å²) >= 11 is 0. The molecule has 0 N–H and O–H groups in total. The summed E-state index contributed by atoms with van der Waals surface area (Å²) in [6, 6.07) is 6.04. The van der Waals surface area contributed by atoms with E-state index in [4.69, 9.17) is 9.47 Å². The molecule has 2 rings (SSSR count). The van der Waals surface area contributed by atoms with Crippen LogP contribution >= 0.6 is 0 Å². The van der Waals surface area contributed by atoms with Gasteiger partial charge in [0.15, 0.2) is 0 Å². The average molecular weight is 238 g/mol. The lowest BCUT2D eigenvalue weighted by molar-refractivity contribution is -0.151. The molecule has 0 atom stereocenters. The number of esters is 1. The molecule has 3 nitrogen and oxygen atoms in total. The molecule has 1 fully saturated rings. The van der Waals surface area contributed by atoms with Crippen LogP contribution in [-0.2, 0) is 19.7 Å². The van der Waals surface area contributed by atoms with Crippen LogP contribution in [0.4, 0.5) is 4.39 Å². The first-order valence-corrected chi connectivity index (χ1v) is 5.61. The van der Waals surface area contributed by atoms with Gasteiger partial charge in [0.05, 0.1) is 12.5 Å². The second-order valence-electron chi connectivity index (χ2n) is 4.19. The van der Waals surface area contributed by atoms with Crippen molar-refractivity contribution in [2.75, 3.05) is 20.3 Å². The van der Waals surface area contributed by atoms with Crippen molar-refractivity contribution in [2.45, 2.75) is 18.3 Å². The predicted molar refractivity (Wildman–Crippen MR) is 60.1 cm³/mol. The fourth-order valence-corrected chi connectivity index (χ4v) is 2.29. The highest BCUT2D eigenvalue weighted by Gasteiger charge is 2.42. The lowest BCUT2D eigenvalue weighted by Gasteiger charge is -2.34. The number of hydrogen-bond acceptors (Lipinski definition) is 3. The molecule has 0 saturated carbocycles. The Morgan fingerprint density at radius 1 is 1.29 bits per heavy atom. The van der Waals surface area contributed by atoms with Crippen LogP contribution in [0, 0.1) is 5.82 Å². The number of hydrogen-bond donors (Lipinski definition) is 0. The molecule has 0 unspecified atom stereocenters. The van der Waals surface area contributed by atoms with Gasteiger partial charge < -0.3 is 9.47 Å². The van der Waals surface area contributed by atoms with E-state index >= 15 is 0 Å². The Hall–Kier alpha value is -1.42. The van der Waals surface area contributed by atoms with Crippen LogP contribution in [0.2, 0.25) is 0 Å². The molecule has 17 heavy (non-hydrogen) atoms. The molecule has 1 heterocycles. The average Bonchev–Trinajstić information content (AvgIpc) is 2.39. The maximum atomic E-state index is 12.9. The number of carbonyl (C=O) groups is 1. The summed E-state index contributed by atoms with van der Waals surface area (Å²) in [5, 5.41) is 0. The molecule has 4 heteroatoms. The van der Waals surface area contributed by atoms with Gasteiger partial charge in [-0.05, 0) is 30.5 Å². The maximum absolute atomic E-state index is 12.9. The Balaban J connectivity index is 2.38. The number of benzene rings is 1. The van der Waals surface area contributed by atoms with E-state index in [9.17, 15) is 9.18 Å². The molecule has 1 aliphatic rings. The molecule has 1 aromatic carbocycles. The quantitative estimate of drug-likeness (QED) is 0.740.